The molecule has 1 amide bonds. The molecule has 1 heterocycles. The van der Waals surface area contributed by atoms with Gasteiger partial charge in [-0.15, -0.1) is 0 Å². The van der Waals surface area contributed by atoms with Crippen molar-refractivity contribution in [2.45, 2.75) is 32.7 Å². The van der Waals surface area contributed by atoms with Gasteiger partial charge in [0, 0.05) is 24.0 Å². The zero-order valence-electron chi connectivity index (χ0n) is 11.9. The monoisotopic (exact) mass is 291 g/mol. The van der Waals surface area contributed by atoms with Gasteiger partial charge in [0.25, 0.3) is 5.91 Å². The fourth-order valence-electron chi connectivity index (χ4n) is 2.65. The number of furan rings is 1. The highest BCUT2D eigenvalue weighted by molar-refractivity contribution is 6.35. The second kappa shape index (κ2) is 4.81. The van der Waals surface area contributed by atoms with Crippen molar-refractivity contribution >= 4 is 28.5 Å². The molecule has 0 N–H and O–H groups in total. The lowest BCUT2D eigenvalue weighted by Crippen LogP contribution is -2.36. The number of amides is 1. The van der Waals surface area contributed by atoms with Crippen LogP contribution in [0.15, 0.2) is 22.6 Å². The number of carbonyl (C=O) groups is 1. The summed E-state index contributed by atoms with van der Waals surface area (Å²) in [7, 11) is 1.85. The second-order valence-electron chi connectivity index (χ2n) is 5.67. The highest BCUT2D eigenvalue weighted by Crippen LogP contribution is 2.36. The second-order valence-corrected chi connectivity index (χ2v) is 6.07. The third-order valence-corrected chi connectivity index (χ3v) is 4.64. The predicted molar refractivity (Wildman–Crippen MR) is 80.2 cm³/mol. The van der Waals surface area contributed by atoms with Crippen molar-refractivity contribution in [3.8, 4) is 0 Å². The van der Waals surface area contributed by atoms with Gasteiger partial charge in [-0.3, -0.25) is 4.79 Å². The lowest BCUT2D eigenvalue weighted by Gasteiger charge is -2.24. The van der Waals surface area contributed by atoms with E-state index in [0.29, 0.717) is 22.3 Å². The Balaban J connectivity index is 1.99. The van der Waals surface area contributed by atoms with Crippen LogP contribution in [0.2, 0.25) is 5.02 Å². The predicted octanol–water partition coefficient (Wildman–Crippen LogP) is 4.27. The number of hydrogen-bond acceptors (Lipinski definition) is 2. The Labute approximate surface area is 123 Å². The van der Waals surface area contributed by atoms with Crippen molar-refractivity contribution < 1.29 is 9.21 Å². The van der Waals surface area contributed by atoms with Crippen LogP contribution in [-0.4, -0.2) is 23.9 Å². The summed E-state index contributed by atoms with van der Waals surface area (Å²) >= 11 is 6.13. The van der Waals surface area contributed by atoms with Crippen molar-refractivity contribution in [2.24, 2.45) is 5.92 Å². The average Bonchev–Trinajstić information content (AvgIpc) is 3.22. The highest BCUT2D eigenvalue weighted by atomic mass is 35.5. The van der Waals surface area contributed by atoms with E-state index in [1.54, 1.807) is 11.0 Å². The molecule has 1 saturated carbocycles. The van der Waals surface area contributed by atoms with Crippen molar-refractivity contribution in [1.82, 2.24) is 4.90 Å². The quantitative estimate of drug-likeness (QED) is 0.846. The van der Waals surface area contributed by atoms with Crippen LogP contribution in [-0.2, 0) is 0 Å². The van der Waals surface area contributed by atoms with Crippen molar-refractivity contribution in [3.63, 3.8) is 0 Å². The summed E-state index contributed by atoms with van der Waals surface area (Å²) < 4.78 is 5.74. The largest absolute Gasteiger partial charge is 0.449 e. The summed E-state index contributed by atoms with van der Waals surface area (Å²) in [6, 6.07) is 5.84. The molecule has 0 aliphatic heterocycles. The Morgan fingerprint density at radius 2 is 2.15 bits per heavy atom. The van der Waals surface area contributed by atoms with E-state index in [1.165, 1.54) is 12.8 Å². The molecule has 2 aromatic rings. The normalized spacial score (nSPS) is 16.4. The number of aryl methyl sites for hydroxylation is 1. The molecule has 4 heteroatoms. The van der Waals surface area contributed by atoms with E-state index in [2.05, 4.69) is 6.92 Å². The molecule has 1 aliphatic carbocycles. The minimum Gasteiger partial charge on any atom is -0.449 e. The fourth-order valence-corrected chi connectivity index (χ4v) is 2.87. The first kappa shape index (κ1) is 13.5. The summed E-state index contributed by atoms with van der Waals surface area (Å²) in [6.45, 7) is 4.01. The van der Waals surface area contributed by atoms with Crippen LogP contribution in [0.5, 0.6) is 0 Å². The third kappa shape index (κ3) is 2.10. The molecule has 1 fully saturated rings. The zero-order chi connectivity index (χ0) is 14.4. The summed E-state index contributed by atoms with van der Waals surface area (Å²) in [4.78, 5) is 14.4. The zero-order valence-corrected chi connectivity index (χ0v) is 12.7. The van der Waals surface area contributed by atoms with Crippen molar-refractivity contribution in [2.75, 3.05) is 7.05 Å². The molecular weight excluding hydrogens is 274 g/mol. The lowest BCUT2D eigenvalue weighted by molar-refractivity contribution is 0.0696. The van der Waals surface area contributed by atoms with E-state index < -0.39 is 0 Å². The first-order chi connectivity index (χ1) is 9.50. The van der Waals surface area contributed by atoms with Crippen LogP contribution in [0.1, 0.15) is 35.9 Å². The maximum atomic E-state index is 12.6. The maximum Gasteiger partial charge on any atom is 0.289 e. The molecular formula is C16H18ClNO2. The van der Waals surface area contributed by atoms with E-state index in [4.69, 9.17) is 16.0 Å². The number of benzene rings is 1. The summed E-state index contributed by atoms with van der Waals surface area (Å²) in [5.74, 6) is 0.981. The van der Waals surface area contributed by atoms with E-state index in [-0.39, 0.29) is 11.9 Å². The smallest absolute Gasteiger partial charge is 0.289 e. The molecule has 1 atom stereocenters. The standard InChI is InChI=1S/C16H18ClNO2/c1-9-12-5-4-6-13(17)15(12)20-14(9)16(19)18(3)10(2)11-7-8-11/h4-6,10-11H,7-8H2,1-3H3. The summed E-state index contributed by atoms with van der Waals surface area (Å²) in [5, 5.41) is 1.45. The van der Waals surface area contributed by atoms with Crippen LogP contribution in [0.3, 0.4) is 0 Å². The van der Waals surface area contributed by atoms with Crippen LogP contribution < -0.4 is 0 Å². The van der Waals surface area contributed by atoms with Gasteiger partial charge < -0.3 is 9.32 Å². The van der Waals surface area contributed by atoms with E-state index in [9.17, 15) is 4.79 Å². The van der Waals surface area contributed by atoms with Crippen LogP contribution in [0.25, 0.3) is 11.0 Å². The molecule has 0 radical (unpaired) electrons. The van der Waals surface area contributed by atoms with Crippen LogP contribution >= 0.6 is 11.6 Å². The van der Waals surface area contributed by atoms with Crippen LogP contribution in [0, 0.1) is 12.8 Å². The summed E-state index contributed by atoms with van der Waals surface area (Å²) in [6.07, 6.45) is 2.42. The highest BCUT2D eigenvalue weighted by Gasteiger charge is 2.34. The van der Waals surface area contributed by atoms with E-state index in [1.807, 2.05) is 26.1 Å². The van der Waals surface area contributed by atoms with E-state index in [0.717, 1.165) is 10.9 Å². The van der Waals surface area contributed by atoms with Gasteiger partial charge in [0.15, 0.2) is 11.3 Å². The number of halogens is 1. The Hall–Kier alpha value is -1.48. The number of nitrogens with zero attached hydrogens (tertiary/aromatic N) is 1. The lowest BCUT2D eigenvalue weighted by atomic mass is 10.1. The fraction of sp³-hybridized carbons (Fsp3) is 0.438. The molecule has 3 rings (SSSR count). The van der Waals surface area contributed by atoms with Gasteiger partial charge >= 0.3 is 0 Å². The molecule has 0 bridgehead atoms. The van der Waals surface area contributed by atoms with Gasteiger partial charge in [0.2, 0.25) is 0 Å². The Kier molecular flexibility index (Phi) is 3.25. The number of para-hydroxylation sites is 1. The third-order valence-electron chi connectivity index (χ3n) is 4.35. The molecule has 20 heavy (non-hydrogen) atoms. The molecule has 1 aliphatic rings. The SMILES string of the molecule is Cc1c(C(=O)N(C)C(C)C2CC2)oc2c(Cl)cccc12. The minimum atomic E-state index is -0.0610. The maximum absolute atomic E-state index is 12.6. The van der Waals surface area contributed by atoms with Crippen molar-refractivity contribution in [3.05, 3.63) is 34.5 Å². The van der Waals surface area contributed by atoms with Gasteiger partial charge in [0.1, 0.15) is 0 Å². The van der Waals surface area contributed by atoms with Gasteiger partial charge in [-0.05, 0) is 38.7 Å². The molecule has 1 aromatic heterocycles. The molecule has 3 nitrogen and oxygen atoms in total. The number of rotatable bonds is 3. The Morgan fingerprint density at radius 3 is 2.75 bits per heavy atom. The molecule has 1 aromatic carbocycles. The Bertz CT molecular complexity index is 672. The van der Waals surface area contributed by atoms with Gasteiger partial charge in [-0.2, -0.15) is 0 Å². The number of carbonyl (C=O) groups excluding carboxylic acids is 1. The summed E-state index contributed by atoms with van der Waals surface area (Å²) in [5.41, 5.74) is 1.46. The molecule has 0 spiro atoms. The Morgan fingerprint density at radius 1 is 1.45 bits per heavy atom. The molecule has 1 unspecified atom stereocenters. The topological polar surface area (TPSA) is 33.5 Å². The minimum absolute atomic E-state index is 0.0610. The van der Waals surface area contributed by atoms with Gasteiger partial charge in [-0.25, -0.2) is 0 Å². The first-order valence-corrected chi connectivity index (χ1v) is 7.33. The number of hydrogen-bond donors (Lipinski definition) is 0. The first-order valence-electron chi connectivity index (χ1n) is 6.95. The average molecular weight is 292 g/mol. The molecule has 0 saturated heterocycles. The van der Waals surface area contributed by atoms with Gasteiger partial charge in [-0.1, -0.05) is 23.7 Å². The van der Waals surface area contributed by atoms with Crippen LogP contribution in [0.4, 0.5) is 0 Å². The number of fused-ring (bicyclic) bond motifs is 1. The van der Waals surface area contributed by atoms with E-state index >= 15 is 0 Å². The van der Waals surface area contributed by atoms with Crippen molar-refractivity contribution in [1.29, 1.82) is 0 Å². The molecule has 106 valence electrons. The van der Waals surface area contributed by atoms with Gasteiger partial charge in [0.05, 0.1) is 5.02 Å².